The molecule has 64 valence electrons. The SMILES string of the molecule is COC(C1CC1)C(N)C1CC1. The minimum atomic E-state index is 0.326. The van der Waals surface area contributed by atoms with E-state index in [0.29, 0.717) is 12.1 Å². The molecular weight excluding hydrogens is 138 g/mol. The van der Waals surface area contributed by atoms with Crippen molar-refractivity contribution in [1.29, 1.82) is 0 Å². The molecule has 0 saturated heterocycles. The molecule has 0 aliphatic heterocycles. The van der Waals surface area contributed by atoms with Gasteiger partial charge in [0, 0.05) is 13.2 Å². The van der Waals surface area contributed by atoms with E-state index in [1.807, 2.05) is 0 Å². The topological polar surface area (TPSA) is 35.2 Å². The maximum Gasteiger partial charge on any atom is 0.0752 e. The Kier molecular flexibility index (Phi) is 1.90. The number of hydrogen-bond acceptors (Lipinski definition) is 2. The summed E-state index contributed by atoms with van der Waals surface area (Å²) in [5.41, 5.74) is 6.05. The molecule has 2 aliphatic rings. The predicted molar refractivity (Wildman–Crippen MR) is 44.2 cm³/mol. The smallest absolute Gasteiger partial charge is 0.0752 e. The fraction of sp³-hybridized carbons (Fsp3) is 1.00. The Hall–Kier alpha value is -0.0800. The lowest BCUT2D eigenvalue weighted by Gasteiger charge is -2.21. The quantitative estimate of drug-likeness (QED) is 0.661. The van der Waals surface area contributed by atoms with Crippen molar-refractivity contribution >= 4 is 0 Å². The Morgan fingerprint density at radius 1 is 1.18 bits per heavy atom. The lowest BCUT2D eigenvalue weighted by atomic mass is 10.0. The van der Waals surface area contributed by atoms with Gasteiger partial charge in [0.1, 0.15) is 0 Å². The molecule has 2 aliphatic carbocycles. The summed E-state index contributed by atoms with van der Waals surface area (Å²) in [5, 5.41) is 0. The first-order valence-electron chi connectivity index (χ1n) is 4.61. The van der Waals surface area contributed by atoms with Gasteiger partial charge < -0.3 is 10.5 Å². The van der Waals surface area contributed by atoms with Crippen LogP contribution in [0, 0.1) is 11.8 Å². The Morgan fingerprint density at radius 3 is 2.09 bits per heavy atom. The first kappa shape index (κ1) is 7.56. The largest absolute Gasteiger partial charge is 0.380 e. The maximum atomic E-state index is 6.05. The molecule has 0 heterocycles. The maximum absolute atomic E-state index is 6.05. The summed E-state index contributed by atoms with van der Waals surface area (Å²) in [6.45, 7) is 0. The monoisotopic (exact) mass is 155 g/mol. The van der Waals surface area contributed by atoms with E-state index in [1.165, 1.54) is 25.7 Å². The third-order valence-electron chi connectivity index (χ3n) is 2.90. The van der Waals surface area contributed by atoms with Crippen LogP contribution < -0.4 is 5.73 Å². The molecule has 0 aromatic heterocycles. The molecule has 2 nitrogen and oxygen atoms in total. The first-order chi connectivity index (χ1) is 5.33. The lowest BCUT2D eigenvalue weighted by molar-refractivity contribution is 0.0565. The van der Waals surface area contributed by atoms with E-state index < -0.39 is 0 Å². The van der Waals surface area contributed by atoms with Crippen LogP contribution in [0.4, 0.5) is 0 Å². The van der Waals surface area contributed by atoms with E-state index in [9.17, 15) is 0 Å². The summed E-state index contributed by atoms with van der Waals surface area (Å²) in [4.78, 5) is 0. The summed E-state index contributed by atoms with van der Waals surface area (Å²) in [6.07, 6.45) is 5.68. The highest BCUT2D eigenvalue weighted by Gasteiger charge is 2.41. The van der Waals surface area contributed by atoms with E-state index in [1.54, 1.807) is 7.11 Å². The van der Waals surface area contributed by atoms with Gasteiger partial charge in [-0.2, -0.15) is 0 Å². The van der Waals surface area contributed by atoms with Gasteiger partial charge in [0.15, 0.2) is 0 Å². The van der Waals surface area contributed by atoms with Crippen LogP contribution in [0.25, 0.3) is 0 Å². The third-order valence-corrected chi connectivity index (χ3v) is 2.90. The van der Waals surface area contributed by atoms with Gasteiger partial charge in [-0.15, -0.1) is 0 Å². The Labute approximate surface area is 68.1 Å². The molecule has 2 N–H and O–H groups in total. The summed E-state index contributed by atoms with van der Waals surface area (Å²) < 4.78 is 5.41. The van der Waals surface area contributed by atoms with Gasteiger partial charge in [0.05, 0.1) is 6.10 Å². The second-order valence-corrected chi connectivity index (χ2v) is 3.95. The first-order valence-corrected chi connectivity index (χ1v) is 4.61. The Morgan fingerprint density at radius 2 is 1.73 bits per heavy atom. The zero-order valence-corrected chi connectivity index (χ0v) is 7.12. The molecule has 2 atom stereocenters. The van der Waals surface area contributed by atoms with Crippen molar-refractivity contribution in [3.63, 3.8) is 0 Å². The van der Waals surface area contributed by atoms with Gasteiger partial charge >= 0.3 is 0 Å². The molecule has 11 heavy (non-hydrogen) atoms. The molecule has 0 radical (unpaired) electrons. The number of nitrogens with two attached hydrogens (primary N) is 1. The van der Waals surface area contributed by atoms with Crippen molar-refractivity contribution in [1.82, 2.24) is 0 Å². The zero-order valence-electron chi connectivity index (χ0n) is 7.12. The van der Waals surface area contributed by atoms with Crippen LogP contribution in [0.2, 0.25) is 0 Å². The minimum Gasteiger partial charge on any atom is -0.380 e. The number of methoxy groups -OCH3 is 1. The van der Waals surface area contributed by atoms with Gasteiger partial charge in [0.25, 0.3) is 0 Å². The van der Waals surface area contributed by atoms with Crippen molar-refractivity contribution in [3.8, 4) is 0 Å². The predicted octanol–water partition coefficient (Wildman–Crippen LogP) is 1.15. The second kappa shape index (κ2) is 2.76. The summed E-state index contributed by atoms with van der Waals surface area (Å²) in [7, 11) is 1.80. The minimum absolute atomic E-state index is 0.326. The van der Waals surface area contributed by atoms with E-state index >= 15 is 0 Å². The highest BCUT2D eigenvalue weighted by molar-refractivity contribution is 4.95. The summed E-state index contributed by atoms with van der Waals surface area (Å²) in [5.74, 6) is 1.57. The van der Waals surface area contributed by atoms with E-state index in [4.69, 9.17) is 10.5 Å². The van der Waals surface area contributed by atoms with Crippen molar-refractivity contribution in [3.05, 3.63) is 0 Å². The van der Waals surface area contributed by atoms with Gasteiger partial charge in [-0.05, 0) is 37.5 Å². The molecule has 2 heteroatoms. The second-order valence-electron chi connectivity index (χ2n) is 3.95. The molecule has 2 unspecified atom stereocenters. The van der Waals surface area contributed by atoms with Gasteiger partial charge in [-0.3, -0.25) is 0 Å². The zero-order chi connectivity index (χ0) is 7.84. The van der Waals surface area contributed by atoms with Crippen LogP contribution in [0.1, 0.15) is 25.7 Å². The molecule has 0 amide bonds. The van der Waals surface area contributed by atoms with Crippen molar-refractivity contribution in [2.75, 3.05) is 7.11 Å². The Bertz CT molecular complexity index is 140. The third kappa shape index (κ3) is 1.57. The van der Waals surface area contributed by atoms with Crippen LogP contribution in [0.5, 0.6) is 0 Å². The van der Waals surface area contributed by atoms with Crippen LogP contribution in [0.15, 0.2) is 0 Å². The van der Waals surface area contributed by atoms with Gasteiger partial charge in [0.2, 0.25) is 0 Å². The standard InChI is InChI=1S/C9H17NO/c1-11-9(7-4-5-7)8(10)6-2-3-6/h6-9H,2-5,10H2,1H3. The fourth-order valence-electron chi connectivity index (χ4n) is 1.84. The molecular formula is C9H17NO. The summed E-state index contributed by atoms with van der Waals surface area (Å²) >= 11 is 0. The molecule has 2 fully saturated rings. The van der Waals surface area contributed by atoms with Crippen molar-refractivity contribution < 1.29 is 4.74 Å². The Balaban J connectivity index is 1.86. The summed E-state index contributed by atoms with van der Waals surface area (Å²) in [6, 6.07) is 0.326. The number of ether oxygens (including phenoxy) is 1. The molecule has 2 saturated carbocycles. The van der Waals surface area contributed by atoms with Crippen LogP contribution >= 0.6 is 0 Å². The molecule has 0 spiro atoms. The lowest BCUT2D eigenvalue weighted by Crippen LogP contribution is -2.39. The highest BCUT2D eigenvalue weighted by Crippen LogP contribution is 2.41. The van der Waals surface area contributed by atoms with Gasteiger partial charge in [-0.25, -0.2) is 0 Å². The van der Waals surface area contributed by atoms with Crippen molar-refractivity contribution in [2.45, 2.75) is 37.8 Å². The van der Waals surface area contributed by atoms with Crippen LogP contribution in [-0.2, 0) is 4.74 Å². The number of rotatable bonds is 4. The van der Waals surface area contributed by atoms with E-state index in [-0.39, 0.29) is 0 Å². The average Bonchev–Trinajstić information content (AvgIpc) is 2.86. The average molecular weight is 155 g/mol. The van der Waals surface area contributed by atoms with Crippen molar-refractivity contribution in [2.24, 2.45) is 17.6 Å². The molecule has 0 aromatic rings. The fourth-order valence-corrected chi connectivity index (χ4v) is 1.84. The van der Waals surface area contributed by atoms with Crippen LogP contribution in [-0.4, -0.2) is 19.3 Å². The number of hydrogen-bond donors (Lipinski definition) is 1. The molecule has 2 rings (SSSR count). The van der Waals surface area contributed by atoms with Gasteiger partial charge in [-0.1, -0.05) is 0 Å². The highest BCUT2D eigenvalue weighted by atomic mass is 16.5. The van der Waals surface area contributed by atoms with E-state index in [2.05, 4.69) is 0 Å². The molecule has 0 bridgehead atoms. The normalized spacial score (nSPS) is 30.0. The van der Waals surface area contributed by atoms with Crippen LogP contribution in [0.3, 0.4) is 0 Å². The van der Waals surface area contributed by atoms with E-state index in [0.717, 1.165) is 11.8 Å². The molecule has 0 aromatic carbocycles.